The van der Waals surface area contributed by atoms with E-state index in [1.54, 1.807) is 0 Å². The van der Waals surface area contributed by atoms with Gasteiger partial charge in [0.1, 0.15) is 5.82 Å². The van der Waals surface area contributed by atoms with Crippen molar-refractivity contribution in [3.05, 3.63) is 65.0 Å². The first-order chi connectivity index (χ1) is 9.69. The van der Waals surface area contributed by atoms with Crippen LogP contribution in [-0.2, 0) is 12.3 Å². The lowest BCUT2D eigenvalue weighted by Crippen LogP contribution is -2.05. The van der Waals surface area contributed by atoms with E-state index in [1.165, 1.54) is 22.2 Å². The van der Waals surface area contributed by atoms with Crippen LogP contribution in [-0.4, -0.2) is 9.55 Å². The molecule has 102 valence electrons. The van der Waals surface area contributed by atoms with Crippen LogP contribution in [0.25, 0.3) is 11.0 Å². The number of thiol groups is 1. The SMILES string of the molecule is Cc1ccc2c(c1)nc(CS)n2Cc1ccccc1C. The maximum absolute atomic E-state index is 4.70. The lowest BCUT2D eigenvalue weighted by Gasteiger charge is -2.10. The molecule has 0 saturated carbocycles. The second-order valence-electron chi connectivity index (χ2n) is 5.19. The molecule has 0 radical (unpaired) electrons. The van der Waals surface area contributed by atoms with Crippen LogP contribution in [0.5, 0.6) is 0 Å². The van der Waals surface area contributed by atoms with Gasteiger partial charge in [-0.25, -0.2) is 4.98 Å². The fourth-order valence-electron chi connectivity index (χ4n) is 2.54. The zero-order chi connectivity index (χ0) is 14.1. The van der Waals surface area contributed by atoms with Crippen LogP contribution in [0.1, 0.15) is 22.5 Å². The summed E-state index contributed by atoms with van der Waals surface area (Å²) >= 11 is 4.43. The number of fused-ring (bicyclic) bond motifs is 1. The third-order valence-electron chi connectivity index (χ3n) is 3.71. The summed E-state index contributed by atoms with van der Waals surface area (Å²) in [5, 5.41) is 0. The van der Waals surface area contributed by atoms with E-state index in [-0.39, 0.29) is 0 Å². The zero-order valence-corrected chi connectivity index (χ0v) is 12.7. The molecule has 3 heteroatoms. The van der Waals surface area contributed by atoms with Gasteiger partial charge in [-0.1, -0.05) is 30.3 Å². The summed E-state index contributed by atoms with van der Waals surface area (Å²) in [4.78, 5) is 4.70. The van der Waals surface area contributed by atoms with Gasteiger partial charge < -0.3 is 4.57 Å². The van der Waals surface area contributed by atoms with Gasteiger partial charge in [0.25, 0.3) is 0 Å². The van der Waals surface area contributed by atoms with E-state index in [4.69, 9.17) is 4.98 Å². The Morgan fingerprint density at radius 1 is 1.10 bits per heavy atom. The van der Waals surface area contributed by atoms with E-state index in [2.05, 4.69) is 73.5 Å². The smallest absolute Gasteiger partial charge is 0.119 e. The van der Waals surface area contributed by atoms with Gasteiger partial charge in [-0.3, -0.25) is 0 Å². The van der Waals surface area contributed by atoms with Crippen molar-refractivity contribution in [1.29, 1.82) is 0 Å². The van der Waals surface area contributed by atoms with E-state index in [1.807, 2.05) is 0 Å². The van der Waals surface area contributed by atoms with Crippen LogP contribution in [0.4, 0.5) is 0 Å². The molecule has 2 aromatic carbocycles. The average Bonchev–Trinajstić information content (AvgIpc) is 2.78. The minimum atomic E-state index is 0.652. The van der Waals surface area contributed by atoms with Gasteiger partial charge in [-0.15, -0.1) is 0 Å². The largest absolute Gasteiger partial charge is 0.323 e. The third kappa shape index (κ3) is 2.34. The second-order valence-corrected chi connectivity index (χ2v) is 5.51. The van der Waals surface area contributed by atoms with Crippen LogP contribution in [0.3, 0.4) is 0 Å². The number of rotatable bonds is 3. The number of nitrogens with zero attached hydrogens (tertiary/aromatic N) is 2. The topological polar surface area (TPSA) is 17.8 Å². The summed E-state index contributed by atoms with van der Waals surface area (Å²) in [7, 11) is 0. The van der Waals surface area contributed by atoms with Crippen molar-refractivity contribution >= 4 is 23.7 Å². The molecule has 0 unspecified atom stereocenters. The lowest BCUT2D eigenvalue weighted by molar-refractivity contribution is 0.776. The molecule has 1 aromatic heterocycles. The molecule has 0 aliphatic heterocycles. The highest BCUT2D eigenvalue weighted by Gasteiger charge is 2.10. The summed E-state index contributed by atoms with van der Waals surface area (Å²) in [6.07, 6.45) is 0. The Morgan fingerprint density at radius 3 is 2.65 bits per heavy atom. The minimum absolute atomic E-state index is 0.652. The Bertz CT molecular complexity index is 759. The Kier molecular flexibility index (Phi) is 3.53. The number of hydrogen-bond acceptors (Lipinski definition) is 2. The Labute approximate surface area is 124 Å². The number of imidazole rings is 1. The highest BCUT2D eigenvalue weighted by Crippen LogP contribution is 2.21. The summed E-state index contributed by atoms with van der Waals surface area (Å²) in [5.41, 5.74) is 6.12. The van der Waals surface area contributed by atoms with Crippen molar-refractivity contribution in [1.82, 2.24) is 9.55 Å². The van der Waals surface area contributed by atoms with Gasteiger partial charge in [0.2, 0.25) is 0 Å². The van der Waals surface area contributed by atoms with Gasteiger partial charge >= 0.3 is 0 Å². The predicted octanol–water partition coefficient (Wildman–Crippen LogP) is 4.13. The normalized spacial score (nSPS) is 11.2. The molecule has 20 heavy (non-hydrogen) atoms. The van der Waals surface area contributed by atoms with Crippen molar-refractivity contribution in [3.63, 3.8) is 0 Å². The minimum Gasteiger partial charge on any atom is -0.323 e. The second kappa shape index (κ2) is 5.33. The molecule has 0 aliphatic carbocycles. The van der Waals surface area contributed by atoms with Crippen LogP contribution in [0.15, 0.2) is 42.5 Å². The first kappa shape index (κ1) is 13.3. The van der Waals surface area contributed by atoms with Crippen molar-refractivity contribution in [3.8, 4) is 0 Å². The fraction of sp³-hybridized carbons (Fsp3) is 0.235. The van der Waals surface area contributed by atoms with Gasteiger partial charge in [-0.05, 0) is 42.7 Å². The molecule has 3 aromatic rings. The molecule has 2 nitrogen and oxygen atoms in total. The van der Waals surface area contributed by atoms with Crippen molar-refractivity contribution in [2.45, 2.75) is 26.1 Å². The third-order valence-corrected chi connectivity index (χ3v) is 4.00. The lowest BCUT2D eigenvalue weighted by atomic mass is 10.1. The molecule has 0 atom stereocenters. The maximum atomic E-state index is 4.70. The molecular formula is C17H18N2S. The van der Waals surface area contributed by atoms with Crippen LogP contribution < -0.4 is 0 Å². The van der Waals surface area contributed by atoms with Gasteiger partial charge in [-0.2, -0.15) is 12.6 Å². The fourth-order valence-corrected chi connectivity index (χ4v) is 2.79. The van der Waals surface area contributed by atoms with E-state index in [9.17, 15) is 0 Å². The summed E-state index contributed by atoms with van der Waals surface area (Å²) in [6.45, 7) is 5.10. The summed E-state index contributed by atoms with van der Waals surface area (Å²) in [6, 6.07) is 14.9. The molecule has 0 amide bonds. The summed E-state index contributed by atoms with van der Waals surface area (Å²) in [5.74, 6) is 1.68. The maximum Gasteiger partial charge on any atom is 0.119 e. The van der Waals surface area contributed by atoms with Crippen molar-refractivity contribution in [2.75, 3.05) is 0 Å². The monoisotopic (exact) mass is 282 g/mol. The number of benzene rings is 2. The van der Waals surface area contributed by atoms with E-state index < -0.39 is 0 Å². The predicted molar refractivity (Wildman–Crippen MR) is 87.4 cm³/mol. The van der Waals surface area contributed by atoms with Gasteiger partial charge in [0.05, 0.1) is 11.0 Å². The van der Waals surface area contributed by atoms with Gasteiger partial charge in [0, 0.05) is 12.3 Å². The summed E-state index contributed by atoms with van der Waals surface area (Å²) < 4.78 is 2.27. The highest BCUT2D eigenvalue weighted by molar-refractivity contribution is 7.79. The molecular weight excluding hydrogens is 264 g/mol. The first-order valence-electron chi connectivity index (χ1n) is 6.80. The molecule has 0 spiro atoms. The van der Waals surface area contributed by atoms with Crippen LogP contribution in [0.2, 0.25) is 0 Å². The molecule has 0 aliphatic rings. The van der Waals surface area contributed by atoms with E-state index in [0.29, 0.717) is 5.75 Å². The molecule has 1 heterocycles. The number of aromatic nitrogens is 2. The quantitative estimate of drug-likeness (QED) is 0.715. The number of aryl methyl sites for hydroxylation is 2. The van der Waals surface area contributed by atoms with E-state index >= 15 is 0 Å². The molecule has 0 N–H and O–H groups in total. The molecule has 3 rings (SSSR count). The highest BCUT2D eigenvalue weighted by atomic mass is 32.1. The van der Waals surface area contributed by atoms with Crippen LogP contribution >= 0.6 is 12.6 Å². The zero-order valence-electron chi connectivity index (χ0n) is 11.8. The Hall–Kier alpha value is -1.74. The average molecular weight is 282 g/mol. The standard InChI is InChI=1S/C17H18N2S/c1-12-7-8-16-15(9-12)18-17(11-20)19(16)10-14-6-4-3-5-13(14)2/h3-9,20H,10-11H2,1-2H3. The number of hydrogen-bond donors (Lipinski definition) is 1. The molecule has 0 saturated heterocycles. The molecule has 0 bridgehead atoms. The Balaban J connectivity index is 2.12. The van der Waals surface area contributed by atoms with Crippen molar-refractivity contribution < 1.29 is 0 Å². The van der Waals surface area contributed by atoms with Crippen molar-refractivity contribution in [2.24, 2.45) is 0 Å². The first-order valence-corrected chi connectivity index (χ1v) is 7.43. The Morgan fingerprint density at radius 2 is 1.90 bits per heavy atom. The van der Waals surface area contributed by atoms with Crippen LogP contribution in [0, 0.1) is 13.8 Å². The molecule has 0 fully saturated rings. The van der Waals surface area contributed by atoms with Gasteiger partial charge in [0.15, 0.2) is 0 Å². The van der Waals surface area contributed by atoms with E-state index in [0.717, 1.165) is 17.9 Å².